The first-order chi connectivity index (χ1) is 7.22. The van der Waals surface area contributed by atoms with E-state index in [2.05, 4.69) is 37.4 Å². The summed E-state index contributed by atoms with van der Waals surface area (Å²) in [6, 6.07) is 6.78. The molecule has 1 atom stereocenters. The fraction of sp³-hybridized carbons (Fsp3) is 0.538. The van der Waals surface area contributed by atoms with Crippen LogP contribution in [0.4, 0.5) is 0 Å². The van der Waals surface area contributed by atoms with E-state index in [9.17, 15) is 0 Å². The van der Waals surface area contributed by atoms with Crippen LogP contribution in [-0.4, -0.2) is 14.2 Å². The molecule has 1 aromatic rings. The van der Waals surface area contributed by atoms with Gasteiger partial charge in [0.15, 0.2) is 0 Å². The molecular formula is C13H21NO. The van der Waals surface area contributed by atoms with E-state index >= 15 is 0 Å². The number of rotatable bonds is 5. The average molecular weight is 207 g/mol. The summed E-state index contributed by atoms with van der Waals surface area (Å²) < 4.78 is 5.42. The van der Waals surface area contributed by atoms with Crippen LogP contribution in [0.25, 0.3) is 0 Å². The van der Waals surface area contributed by atoms with Gasteiger partial charge in [-0.25, -0.2) is 0 Å². The lowest BCUT2D eigenvalue weighted by atomic mass is 10.00. The third-order valence-corrected chi connectivity index (χ3v) is 2.69. The molecule has 0 aliphatic carbocycles. The number of ether oxygens (including phenoxy) is 1. The Morgan fingerprint density at radius 1 is 1.40 bits per heavy atom. The van der Waals surface area contributed by atoms with E-state index in [-0.39, 0.29) is 0 Å². The molecule has 1 rings (SSSR count). The second-order valence-corrected chi connectivity index (χ2v) is 3.88. The summed E-state index contributed by atoms with van der Waals surface area (Å²) in [5, 5.41) is 3.33. The minimum absolute atomic E-state index is 0.394. The van der Waals surface area contributed by atoms with E-state index in [0.29, 0.717) is 6.04 Å². The zero-order chi connectivity index (χ0) is 11.3. The SMILES string of the molecule is CCCC(NC)c1ccc(C)cc1OC. The molecule has 84 valence electrons. The minimum Gasteiger partial charge on any atom is -0.496 e. The van der Waals surface area contributed by atoms with Gasteiger partial charge in [0.05, 0.1) is 7.11 Å². The molecule has 2 nitrogen and oxygen atoms in total. The van der Waals surface area contributed by atoms with Gasteiger partial charge >= 0.3 is 0 Å². The van der Waals surface area contributed by atoms with Crippen LogP contribution in [-0.2, 0) is 0 Å². The van der Waals surface area contributed by atoms with Crippen molar-refractivity contribution in [3.05, 3.63) is 29.3 Å². The van der Waals surface area contributed by atoms with Gasteiger partial charge in [-0.2, -0.15) is 0 Å². The monoisotopic (exact) mass is 207 g/mol. The molecule has 0 saturated carbocycles. The summed E-state index contributed by atoms with van der Waals surface area (Å²) in [6.07, 6.45) is 2.30. The highest BCUT2D eigenvalue weighted by Gasteiger charge is 2.12. The van der Waals surface area contributed by atoms with Crippen molar-refractivity contribution in [1.82, 2.24) is 5.32 Å². The topological polar surface area (TPSA) is 21.3 Å². The molecule has 0 spiro atoms. The van der Waals surface area contributed by atoms with E-state index in [0.717, 1.165) is 12.2 Å². The van der Waals surface area contributed by atoms with Crippen LogP contribution in [0.3, 0.4) is 0 Å². The highest BCUT2D eigenvalue weighted by Crippen LogP contribution is 2.28. The fourth-order valence-corrected chi connectivity index (χ4v) is 1.85. The van der Waals surface area contributed by atoms with Crippen molar-refractivity contribution in [1.29, 1.82) is 0 Å². The maximum absolute atomic E-state index is 5.42. The number of benzene rings is 1. The molecule has 15 heavy (non-hydrogen) atoms. The summed E-state index contributed by atoms with van der Waals surface area (Å²) in [4.78, 5) is 0. The van der Waals surface area contributed by atoms with Crippen LogP contribution in [0.2, 0.25) is 0 Å². The van der Waals surface area contributed by atoms with Gasteiger partial charge in [-0.15, -0.1) is 0 Å². The lowest BCUT2D eigenvalue weighted by molar-refractivity contribution is 0.398. The molecular weight excluding hydrogens is 186 g/mol. The molecule has 0 aliphatic rings. The van der Waals surface area contributed by atoms with Crippen LogP contribution >= 0.6 is 0 Å². The molecule has 1 unspecified atom stereocenters. The lowest BCUT2D eigenvalue weighted by Gasteiger charge is -2.19. The van der Waals surface area contributed by atoms with Gasteiger partial charge in [0, 0.05) is 11.6 Å². The van der Waals surface area contributed by atoms with E-state index in [1.807, 2.05) is 7.05 Å². The molecule has 0 aromatic heterocycles. The standard InChI is InChI=1S/C13H21NO/c1-5-6-12(14-3)11-8-7-10(2)9-13(11)15-4/h7-9,12,14H,5-6H2,1-4H3. The number of aryl methyl sites for hydroxylation is 1. The van der Waals surface area contributed by atoms with Gasteiger partial charge < -0.3 is 10.1 Å². The van der Waals surface area contributed by atoms with Crippen LogP contribution < -0.4 is 10.1 Å². The van der Waals surface area contributed by atoms with Crippen LogP contribution in [0.15, 0.2) is 18.2 Å². The van der Waals surface area contributed by atoms with Crippen LogP contribution in [0.5, 0.6) is 5.75 Å². The predicted molar refractivity (Wildman–Crippen MR) is 64.4 cm³/mol. The van der Waals surface area contributed by atoms with Gasteiger partial charge in [0.25, 0.3) is 0 Å². The molecule has 0 amide bonds. The van der Waals surface area contributed by atoms with Crippen molar-refractivity contribution in [3.63, 3.8) is 0 Å². The van der Waals surface area contributed by atoms with Gasteiger partial charge in [0.1, 0.15) is 5.75 Å². The molecule has 0 bridgehead atoms. The second-order valence-electron chi connectivity index (χ2n) is 3.88. The molecule has 1 N–H and O–H groups in total. The summed E-state index contributed by atoms with van der Waals surface area (Å²) in [7, 11) is 3.73. The highest BCUT2D eigenvalue weighted by atomic mass is 16.5. The quantitative estimate of drug-likeness (QED) is 0.801. The Kier molecular flexibility index (Phi) is 4.63. The molecule has 0 radical (unpaired) electrons. The first kappa shape index (κ1) is 12.1. The Hall–Kier alpha value is -1.02. The Labute approximate surface area is 92.6 Å². The van der Waals surface area contributed by atoms with Gasteiger partial charge in [0.2, 0.25) is 0 Å². The van der Waals surface area contributed by atoms with Crippen molar-refractivity contribution < 1.29 is 4.74 Å². The molecule has 0 fully saturated rings. The summed E-state index contributed by atoms with van der Waals surface area (Å²) in [5.41, 5.74) is 2.49. The van der Waals surface area contributed by atoms with E-state index in [1.54, 1.807) is 7.11 Å². The predicted octanol–water partition coefficient (Wildman–Crippen LogP) is 3.06. The van der Waals surface area contributed by atoms with Gasteiger partial charge in [-0.1, -0.05) is 25.5 Å². The molecule has 0 aliphatic heterocycles. The van der Waals surface area contributed by atoms with Crippen molar-refractivity contribution in [2.24, 2.45) is 0 Å². The number of hydrogen-bond donors (Lipinski definition) is 1. The highest BCUT2D eigenvalue weighted by molar-refractivity contribution is 5.39. The van der Waals surface area contributed by atoms with Crippen molar-refractivity contribution in [2.75, 3.05) is 14.2 Å². The third kappa shape index (κ3) is 2.96. The number of methoxy groups -OCH3 is 1. The zero-order valence-corrected chi connectivity index (χ0v) is 10.1. The number of nitrogens with one attached hydrogen (secondary N) is 1. The Morgan fingerprint density at radius 2 is 2.13 bits per heavy atom. The number of hydrogen-bond acceptors (Lipinski definition) is 2. The van der Waals surface area contributed by atoms with Crippen molar-refractivity contribution in [3.8, 4) is 5.75 Å². The third-order valence-electron chi connectivity index (χ3n) is 2.69. The summed E-state index contributed by atoms with van der Waals surface area (Å²) >= 11 is 0. The Morgan fingerprint density at radius 3 is 2.67 bits per heavy atom. The molecule has 2 heteroatoms. The van der Waals surface area contributed by atoms with E-state index < -0.39 is 0 Å². The van der Waals surface area contributed by atoms with Crippen LogP contribution in [0, 0.1) is 6.92 Å². The Bertz CT molecular complexity index is 309. The van der Waals surface area contributed by atoms with Gasteiger partial charge in [-0.3, -0.25) is 0 Å². The van der Waals surface area contributed by atoms with E-state index in [1.165, 1.54) is 17.5 Å². The minimum atomic E-state index is 0.394. The molecule has 0 saturated heterocycles. The fourth-order valence-electron chi connectivity index (χ4n) is 1.85. The molecule has 1 aromatic carbocycles. The van der Waals surface area contributed by atoms with Crippen LogP contribution in [0.1, 0.15) is 36.9 Å². The first-order valence-electron chi connectivity index (χ1n) is 5.54. The summed E-state index contributed by atoms with van der Waals surface area (Å²) in [5.74, 6) is 0.989. The first-order valence-corrected chi connectivity index (χ1v) is 5.54. The normalized spacial score (nSPS) is 12.5. The van der Waals surface area contributed by atoms with Crippen molar-refractivity contribution >= 4 is 0 Å². The summed E-state index contributed by atoms with van der Waals surface area (Å²) in [6.45, 7) is 4.28. The van der Waals surface area contributed by atoms with E-state index in [4.69, 9.17) is 4.74 Å². The Balaban J connectivity index is 2.99. The zero-order valence-electron chi connectivity index (χ0n) is 10.1. The lowest BCUT2D eigenvalue weighted by Crippen LogP contribution is -2.16. The van der Waals surface area contributed by atoms with Crippen molar-refractivity contribution in [2.45, 2.75) is 32.7 Å². The molecule has 0 heterocycles. The smallest absolute Gasteiger partial charge is 0.123 e. The second kappa shape index (κ2) is 5.76. The van der Waals surface area contributed by atoms with Gasteiger partial charge in [-0.05, 0) is 32.0 Å². The largest absolute Gasteiger partial charge is 0.496 e. The maximum Gasteiger partial charge on any atom is 0.123 e. The maximum atomic E-state index is 5.42. The average Bonchev–Trinajstić information content (AvgIpc) is 2.26.